The molecule has 2 atom stereocenters. The number of hydrogen-bond acceptors (Lipinski definition) is 8. The molecule has 3 N–H and O–H groups in total. The SMILES string of the molecule is COc1cccc(C2(NC=O)CC2c2ccc(CCCCc3nnc(N)s3)nn2)c1. The molecule has 1 saturated carbocycles. The van der Waals surface area contributed by atoms with E-state index in [4.69, 9.17) is 10.5 Å². The maximum atomic E-state index is 11.3. The molecule has 8 nitrogen and oxygen atoms in total. The fourth-order valence-electron chi connectivity index (χ4n) is 3.83. The molecule has 2 heterocycles. The van der Waals surface area contributed by atoms with E-state index in [1.807, 2.05) is 36.4 Å². The number of aromatic nitrogens is 4. The number of aryl methyl sites for hydroxylation is 2. The summed E-state index contributed by atoms with van der Waals surface area (Å²) in [5, 5.41) is 21.2. The first-order valence-electron chi connectivity index (χ1n) is 9.91. The van der Waals surface area contributed by atoms with Gasteiger partial charge < -0.3 is 15.8 Å². The molecule has 0 bridgehead atoms. The minimum Gasteiger partial charge on any atom is -0.497 e. The van der Waals surface area contributed by atoms with Gasteiger partial charge in [-0.1, -0.05) is 23.5 Å². The monoisotopic (exact) mass is 424 g/mol. The Morgan fingerprint density at radius 1 is 1.20 bits per heavy atom. The van der Waals surface area contributed by atoms with E-state index in [1.165, 1.54) is 11.3 Å². The maximum Gasteiger partial charge on any atom is 0.207 e. The molecule has 4 rings (SSSR count). The number of rotatable bonds is 10. The van der Waals surface area contributed by atoms with Crippen LogP contribution in [-0.4, -0.2) is 33.9 Å². The molecular formula is C21H24N6O2S. The smallest absolute Gasteiger partial charge is 0.207 e. The Kier molecular flexibility index (Phi) is 5.89. The number of benzene rings is 1. The third kappa shape index (κ3) is 4.25. The van der Waals surface area contributed by atoms with E-state index < -0.39 is 5.54 Å². The fourth-order valence-corrected chi connectivity index (χ4v) is 4.48. The normalized spacial score (nSPS) is 20.0. The number of nitrogens with one attached hydrogen (secondary N) is 1. The van der Waals surface area contributed by atoms with E-state index in [2.05, 4.69) is 25.7 Å². The van der Waals surface area contributed by atoms with Gasteiger partial charge in [-0.25, -0.2) is 0 Å². The van der Waals surface area contributed by atoms with Crippen molar-refractivity contribution in [3.63, 3.8) is 0 Å². The summed E-state index contributed by atoms with van der Waals surface area (Å²) in [5.74, 6) is 0.863. The summed E-state index contributed by atoms with van der Waals surface area (Å²) in [7, 11) is 1.64. The van der Waals surface area contributed by atoms with Crippen molar-refractivity contribution in [3.05, 3.63) is 58.4 Å². The fraction of sp³-hybridized carbons (Fsp3) is 0.381. The summed E-state index contributed by atoms with van der Waals surface area (Å²) in [4.78, 5) is 11.3. The molecule has 1 aromatic carbocycles. The van der Waals surface area contributed by atoms with Crippen LogP contribution in [0.5, 0.6) is 5.75 Å². The van der Waals surface area contributed by atoms with Gasteiger partial charge in [-0.05, 0) is 55.5 Å². The Labute approximate surface area is 178 Å². The van der Waals surface area contributed by atoms with Crippen molar-refractivity contribution < 1.29 is 9.53 Å². The van der Waals surface area contributed by atoms with Crippen LogP contribution >= 0.6 is 11.3 Å². The lowest BCUT2D eigenvalue weighted by atomic mass is 10.0. The molecule has 1 aliphatic rings. The van der Waals surface area contributed by atoms with Crippen LogP contribution in [0.4, 0.5) is 5.13 Å². The van der Waals surface area contributed by atoms with Crippen molar-refractivity contribution >= 4 is 22.9 Å². The minimum absolute atomic E-state index is 0.0965. The maximum absolute atomic E-state index is 11.3. The van der Waals surface area contributed by atoms with E-state index in [0.29, 0.717) is 5.13 Å². The second-order valence-corrected chi connectivity index (χ2v) is 8.51. The summed E-state index contributed by atoms with van der Waals surface area (Å²) < 4.78 is 5.33. The molecule has 30 heavy (non-hydrogen) atoms. The van der Waals surface area contributed by atoms with Crippen LogP contribution in [0.2, 0.25) is 0 Å². The van der Waals surface area contributed by atoms with Gasteiger partial charge in [-0.2, -0.15) is 10.2 Å². The molecule has 2 aromatic heterocycles. The highest BCUT2D eigenvalue weighted by Crippen LogP contribution is 2.58. The molecule has 156 valence electrons. The van der Waals surface area contributed by atoms with E-state index in [9.17, 15) is 4.79 Å². The van der Waals surface area contributed by atoms with Crippen molar-refractivity contribution in [2.45, 2.75) is 43.6 Å². The minimum atomic E-state index is -0.448. The lowest BCUT2D eigenvalue weighted by Gasteiger charge is -2.18. The molecule has 3 aromatic rings. The van der Waals surface area contributed by atoms with Crippen molar-refractivity contribution in [1.29, 1.82) is 0 Å². The number of anilines is 1. The first kappa shape index (κ1) is 20.2. The van der Waals surface area contributed by atoms with E-state index in [1.54, 1.807) is 7.11 Å². The number of hydrogen-bond donors (Lipinski definition) is 2. The first-order chi connectivity index (χ1) is 14.6. The van der Waals surface area contributed by atoms with Crippen LogP contribution in [0.1, 0.15) is 47.1 Å². The largest absolute Gasteiger partial charge is 0.497 e. The van der Waals surface area contributed by atoms with Gasteiger partial charge in [0, 0.05) is 12.3 Å². The molecular weight excluding hydrogens is 400 g/mol. The Morgan fingerprint density at radius 2 is 2.07 bits per heavy atom. The molecule has 9 heteroatoms. The molecule has 2 unspecified atom stereocenters. The predicted molar refractivity (Wildman–Crippen MR) is 114 cm³/mol. The van der Waals surface area contributed by atoms with E-state index in [-0.39, 0.29) is 5.92 Å². The highest BCUT2D eigenvalue weighted by Gasteiger charge is 2.57. The van der Waals surface area contributed by atoms with E-state index in [0.717, 1.165) is 66.2 Å². The molecule has 0 radical (unpaired) electrons. The van der Waals surface area contributed by atoms with Gasteiger partial charge in [0.25, 0.3) is 0 Å². The number of methoxy groups -OCH3 is 1. The van der Waals surface area contributed by atoms with Crippen LogP contribution in [0.15, 0.2) is 36.4 Å². The standard InChI is InChI=1S/C21H24N6O2S/c1-29-16-7-4-5-14(11-16)21(23-13-28)12-17(21)18-10-9-15(24-25-18)6-2-3-8-19-26-27-20(22)30-19/h4-5,7,9-11,13,17H,2-3,6,8,12H2,1H3,(H2,22,27)(H,23,28). The average Bonchev–Trinajstić information content (AvgIpc) is 3.36. The van der Waals surface area contributed by atoms with Crippen LogP contribution in [0.25, 0.3) is 0 Å². The Morgan fingerprint density at radius 3 is 2.77 bits per heavy atom. The van der Waals surface area contributed by atoms with Crippen molar-refractivity contribution in [2.75, 3.05) is 12.8 Å². The molecule has 0 saturated heterocycles. The number of nitrogens with zero attached hydrogens (tertiary/aromatic N) is 4. The number of nitrogen functional groups attached to an aromatic ring is 1. The summed E-state index contributed by atoms with van der Waals surface area (Å²) in [6, 6.07) is 11.8. The highest BCUT2D eigenvalue weighted by molar-refractivity contribution is 7.15. The Hall–Kier alpha value is -3.07. The Bertz CT molecular complexity index is 1010. The summed E-state index contributed by atoms with van der Waals surface area (Å²) in [6.07, 6.45) is 5.29. The topological polar surface area (TPSA) is 116 Å². The van der Waals surface area contributed by atoms with Gasteiger partial charge in [-0.3, -0.25) is 4.79 Å². The zero-order chi connectivity index (χ0) is 21.0. The number of nitrogens with two attached hydrogens (primary N) is 1. The lowest BCUT2D eigenvalue weighted by Crippen LogP contribution is -2.29. The number of ether oxygens (including phenoxy) is 1. The quantitative estimate of drug-likeness (QED) is 0.380. The van der Waals surface area contributed by atoms with E-state index >= 15 is 0 Å². The highest BCUT2D eigenvalue weighted by atomic mass is 32.1. The molecule has 1 amide bonds. The van der Waals surface area contributed by atoms with Crippen LogP contribution in [-0.2, 0) is 23.2 Å². The summed E-state index contributed by atoms with van der Waals surface area (Å²) >= 11 is 1.44. The van der Waals surface area contributed by atoms with Gasteiger partial charge in [0.1, 0.15) is 10.8 Å². The zero-order valence-corrected chi connectivity index (χ0v) is 17.6. The van der Waals surface area contributed by atoms with Gasteiger partial charge in [0.2, 0.25) is 11.5 Å². The average molecular weight is 425 g/mol. The number of unbranched alkanes of at least 4 members (excludes halogenated alkanes) is 1. The Balaban J connectivity index is 1.36. The molecule has 1 aliphatic carbocycles. The first-order valence-corrected chi connectivity index (χ1v) is 10.7. The number of amides is 1. The van der Waals surface area contributed by atoms with Crippen LogP contribution in [0.3, 0.4) is 0 Å². The van der Waals surface area contributed by atoms with Crippen LogP contribution < -0.4 is 15.8 Å². The van der Waals surface area contributed by atoms with Crippen molar-refractivity contribution in [1.82, 2.24) is 25.7 Å². The molecule has 0 aliphatic heterocycles. The van der Waals surface area contributed by atoms with Crippen LogP contribution in [0, 0.1) is 0 Å². The van der Waals surface area contributed by atoms with Gasteiger partial charge in [0.05, 0.1) is 24.0 Å². The van der Waals surface area contributed by atoms with Crippen molar-refractivity contribution in [2.24, 2.45) is 0 Å². The summed E-state index contributed by atoms with van der Waals surface area (Å²) in [5.41, 5.74) is 8.02. The molecule has 1 fully saturated rings. The predicted octanol–water partition coefficient (Wildman–Crippen LogP) is 2.61. The third-order valence-electron chi connectivity index (χ3n) is 5.52. The summed E-state index contributed by atoms with van der Waals surface area (Å²) in [6.45, 7) is 0. The van der Waals surface area contributed by atoms with Crippen molar-refractivity contribution in [3.8, 4) is 5.75 Å². The number of carbonyl (C=O) groups is 1. The van der Waals surface area contributed by atoms with Gasteiger partial charge in [-0.15, -0.1) is 10.2 Å². The third-order valence-corrected chi connectivity index (χ3v) is 6.33. The lowest BCUT2D eigenvalue weighted by molar-refractivity contribution is -0.110. The van der Waals surface area contributed by atoms with Gasteiger partial charge in [0.15, 0.2) is 0 Å². The zero-order valence-electron chi connectivity index (χ0n) is 16.7. The van der Waals surface area contributed by atoms with Gasteiger partial charge >= 0.3 is 0 Å². The number of carbonyl (C=O) groups excluding carboxylic acids is 1. The second-order valence-electron chi connectivity index (χ2n) is 7.41. The second kappa shape index (κ2) is 8.74. The molecule has 0 spiro atoms.